The average molecular weight is 258 g/mol. The second-order valence-corrected chi connectivity index (χ2v) is 5.27. The summed E-state index contributed by atoms with van der Waals surface area (Å²) in [6.07, 6.45) is 4.16. The van der Waals surface area contributed by atoms with Gasteiger partial charge in [0.05, 0.1) is 17.2 Å². The topological polar surface area (TPSA) is 49.4 Å². The van der Waals surface area contributed by atoms with Gasteiger partial charge in [0.15, 0.2) is 0 Å². The van der Waals surface area contributed by atoms with Crippen LogP contribution in [-0.2, 0) is 0 Å². The van der Waals surface area contributed by atoms with Gasteiger partial charge in [0.2, 0.25) is 0 Å². The van der Waals surface area contributed by atoms with Gasteiger partial charge in [-0.2, -0.15) is 0 Å². The number of benzene rings is 1. The summed E-state index contributed by atoms with van der Waals surface area (Å²) < 4.78 is 0. The lowest BCUT2D eigenvalue weighted by Gasteiger charge is -2.36. The molecule has 1 aliphatic heterocycles. The molecule has 0 radical (unpaired) electrons. The number of nitrogens with zero attached hydrogens (tertiary/aromatic N) is 1. The molecule has 2 atom stereocenters. The van der Waals surface area contributed by atoms with Crippen LogP contribution in [0.15, 0.2) is 24.3 Å². The smallest absolute Gasteiger partial charge is 0.261 e. The lowest BCUT2D eigenvalue weighted by Crippen LogP contribution is -2.52. The predicted molar refractivity (Wildman–Crippen MR) is 72.0 cm³/mol. The van der Waals surface area contributed by atoms with E-state index in [1.165, 1.54) is 4.90 Å². The third-order valence-corrected chi connectivity index (χ3v) is 4.26. The highest BCUT2D eigenvalue weighted by Gasteiger charge is 2.42. The SMILES string of the molecule is CN[C@H]1CCCC[C@H]1N1C(=O)c2ccccc2C1=O. The first-order valence-electron chi connectivity index (χ1n) is 6.88. The second kappa shape index (κ2) is 4.78. The molecule has 0 bridgehead atoms. The van der Waals surface area contributed by atoms with E-state index in [4.69, 9.17) is 0 Å². The van der Waals surface area contributed by atoms with Crippen LogP contribution >= 0.6 is 0 Å². The number of amides is 2. The van der Waals surface area contributed by atoms with Gasteiger partial charge in [0.25, 0.3) is 11.8 Å². The van der Waals surface area contributed by atoms with E-state index in [1.54, 1.807) is 12.1 Å². The van der Waals surface area contributed by atoms with Gasteiger partial charge in [-0.15, -0.1) is 0 Å². The number of likely N-dealkylation sites (N-methyl/N-ethyl adjacent to an activating group) is 1. The molecule has 1 aliphatic carbocycles. The van der Waals surface area contributed by atoms with Gasteiger partial charge < -0.3 is 5.32 Å². The molecule has 0 spiro atoms. The Morgan fingerprint density at radius 3 is 2.21 bits per heavy atom. The van der Waals surface area contributed by atoms with Crippen LogP contribution in [0.1, 0.15) is 46.4 Å². The Kier molecular flexibility index (Phi) is 3.11. The molecule has 2 aliphatic rings. The van der Waals surface area contributed by atoms with Crippen molar-refractivity contribution in [1.29, 1.82) is 0 Å². The largest absolute Gasteiger partial charge is 0.315 e. The first kappa shape index (κ1) is 12.4. The van der Waals surface area contributed by atoms with Crippen LogP contribution in [0, 0.1) is 0 Å². The van der Waals surface area contributed by atoms with Crippen LogP contribution < -0.4 is 5.32 Å². The minimum absolute atomic E-state index is 0.00819. The Bertz CT molecular complexity index is 492. The van der Waals surface area contributed by atoms with Crippen LogP contribution in [-0.4, -0.2) is 35.8 Å². The molecule has 4 nitrogen and oxygen atoms in total. The first-order chi connectivity index (χ1) is 9.24. The molecule has 1 fully saturated rings. The summed E-state index contributed by atoms with van der Waals surface area (Å²) in [5.41, 5.74) is 1.10. The van der Waals surface area contributed by atoms with E-state index in [9.17, 15) is 9.59 Å². The highest BCUT2D eigenvalue weighted by atomic mass is 16.2. The van der Waals surface area contributed by atoms with E-state index in [0.29, 0.717) is 11.1 Å². The standard InChI is InChI=1S/C15H18N2O2/c1-16-12-8-4-5-9-13(12)17-14(18)10-6-2-3-7-11(10)15(17)19/h2-3,6-7,12-13,16H,4-5,8-9H2,1H3/t12-,13+/m0/s1. The Morgan fingerprint density at radius 2 is 1.63 bits per heavy atom. The minimum atomic E-state index is -0.132. The Morgan fingerprint density at radius 1 is 1.05 bits per heavy atom. The molecule has 2 amide bonds. The van der Waals surface area contributed by atoms with Gasteiger partial charge in [-0.3, -0.25) is 14.5 Å². The highest BCUT2D eigenvalue weighted by molar-refractivity contribution is 6.21. The van der Waals surface area contributed by atoms with E-state index >= 15 is 0 Å². The quantitative estimate of drug-likeness (QED) is 0.823. The Labute approximate surface area is 112 Å². The van der Waals surface area contributed by atoms with Crippen molar-refractivity contribution >= 4 is 11.8 Å². The zero-order valence-corrected chi connectivity index (χ0v) is 11.1. The van der Waals surface area contributed by atoms with Crippen LogP contribution in [0.2, 0.25) is 0 Å². The van der Waals surface area contributed by atoms with Crippen LogP contribution in [0.3, 0.4) is 0 Å². The monoisotopic (exact) mass is 258 g/mol. The molecule has 1 aromatic carbocycles. The molecule has 4 heteroatoms. The van der Waals surface area contributed by atoms with Gasteiger partial charge in [-0.25, -0.2) is 0 Å². The van der Waals surface area contributed by atoms with E-state index < -0.39 is 0 Å². The van der Waals surface area contributed by atoms with E-state index in [-0.39, 0.29) is 23.9 Å². The van der Waals surface area contributed by atoms with Crippen molar-refractivity contribution in [3.63, 3.8) is 0 Å². The average Bonchev–Trinajstić information content (AvgIpc) is 2.71. The molecular weight excluding hydrogens is 240 g/mol. The lowest BCUT2D eigenvalue weighted by molar-refractivity contribution is 0.0510. The summed E-state index contributed by atoms with van der Waals surface area (Å²) in [6, 6.07) is 7.31. The number of rotatable bonds is 2. The van der Waals surface area contributed by atoms with E-state index in [0.717, 1.165) is 25.7 Å². The fourth-order valence-corrected chi connectivity index (χ4v) is 3.27. The molecule has 0 aromatic heterocycles. The van der Waals surface area contributed by atoms with Crippen molar-refractivity contribution in [2.45, 2.75) is 37.8 Å². The molecule has 1 heterocycles. The van der Waals surface area contributed by atoms with Gasteiger partial charge >= 0.3 is 0 Å². The normalized spacial score (nSPS) is 26.7. The number of carbonyl (C=O) groups is 2. The second-order valence-electron chi connectivity index (χ2n) is 5.27. The lowest BCUT2D eigenvalue weighted by atomic mass is 9.89. The molecule has 0 saturated heterocycles. The summed E-state index contributed by atoms with van der Waals surface area (Å²) in [5, 5.41) is 3.25. The zero-order valence-electron chi connectivity index (χ0n) is 11.1. The van der Waals surface area contributed by atoms with Crippen molar-refractivity contribution in [3.05, 3.63) is 35.4 Å². The molecule has 3 rings (SSSR count). The molecule has 19 heavy (non-hydrogen) atoms. The number of hydrogen-bond donors (Lipinski definition) is 1. The molecule has 0 unspecified atom stereocenters. The summed E-state index contributed by atoms with van der Waals surface area (Å²) in [7, 11) is 1.90. The number of hydrogen-bond acceptors (Lipinski definition) is 3. The fourth-order valence-electron chi connectivity index (χ4n) is 3.27. The minimum Gasteiger partial charge on any atom is -0.315 e. The molecular formula is C15H18N2O2. The number of carbonyl (C=O) groups excluding carboxylic acids is 2. The predicted octanol–water partition coefficient (Wildman–Crippen LogP) is 1.81. The summed E-state index contributed by atoms with van der Waals surface area (Å²) in [5.74, 6) is -0.263. The van der Waals surface area contributed by atoms with Crippen molar-refractivity contribution in [3.8, 4) is 0 Å². The van der Waals surface area contributed by atoms with Crippen molar-refractivity contribution in [2.75, 3.05) is 7.05 Å². The van der Waals surface area contributed by atoms with Crippen LogP contribution in [0.25, 0.3) is 0 Å². The number of nitrogens with one attached hydrogen (secondary N) is 1. The fraction of sp³-hybridized carbons (Fsp3) is 0.467. The highest BCUT2D eigenvalue weighted by Crippen LogP contribution is 2.30. The van der Waals surface area contributed by atoms with Gasteiger partial charge in [-0.05, 0) is 32.0 Å². The van der Waals surface area contributed by atoms with Crippen LogP contribution in [0.5, 0.6) is 0 Å². The molecule has 1 N–H and O–H groups in total. The van der Waals surface area contributed by atoms with Gasteiger partial charge in [0, 0.05) is 6.04 Å². The third kappa shape index (κ3) is 1.87. The maximum atomic E-state index is 12.4. The van der Waals surface area contributed by atoms with Gasteiger partial charge in [0.1, 0.15) is 0 Å². The third-order valence-electron chi connectivity index (χ3n) is 4.26. The zero-order chi connectivity index (χ0) is 13.4. The molecule has 1 aromatic rings. The first-order valence-corrected chi connectivity index (χ1v) is 6.88. The van der Waals surface area contributed by atoms with Crippen molar-refractivity contribution in [1.82, 2.24) is 10.2 Å². The van der Waals surface area contributed by atoms with E-state index in [2.05, 4.69) is 5.32 Å². The van der Waals surface area contributed by atoms with Crippen molar-refractivity contribution in [2.24, 2.45) is 0 Å². The maximum Gasteiger partial charge on any atom is 0.261 e. The van der Waals surface area contributed by atoms with Crippen molar-refractivity contribution < 1.29 is 9.59 Å². The maximum absolute atomic E-state index is 12.4. The van der Waals surface area contributed by atoms with Gasteiger partial charge in [-0.1, -0.05) is 25.0 Å². The summed E-state index contributed by atoms with van der Waals surface area (Å²) in [6.45, 7) is 0. The van der Waals surface area contributed by atoms with Crippen LogP contribution in [0.4, 0.5) is 0 Å². The molecule has 100 valence electrons. The molecule has 1 saturated carbocycles. The van der Waals surface area contributed by atoms with E-state index in [1.807, 2.05) is 19.2 Å². The number of fused-ring (bicyclic) bond motifs is 1. The summed E-state index contributed by atoms with van der Waals surface area (Å²) >= 11 is 0. The summed E-state index contributed by atoms with van der Waals surface area (Å²) in [4.78, 5) is 26.4. The Balaban J connectivity index is 1.95. The Hall–Kier alpha value is -1.68. The number of imide groups is 1.